The molecule has 0 bridgehead atoms. The van der Waals surface area contributed by atoms with Gasteiger partial charge in [0.25, 0.3) is 0 Å². The van der Waals surface area contributed by atoms with E-state index in [1.165, 1.54) is 5.57 Å². The zero-order chi connectivity index (χ0) is 11.7. The number of rotatable bonds is 6. The van der Waals surface area contributed by atoms with Gasteiger partial charge in [0, 0.05) is 0 Å². The Hall–Kier alpha value is -1.56. The maximum atomic E-state index is 3.98. The Labute approximate surface area is 93.7 Å². The summed E-state index contributed by atoms with van der Waals surface area (Å²) in [5.74, 6) is 0. The van der Waals surface area contributed by atoms with Crippen molar-refractivity contribution in [2.75, 3.05) is 0 Å². The number of hydrogen-bond acceptors (Lipinski definition) is 0. The van der Waals surface area contributed by atoms with E-state index in [0.29, 0.717) is 0 Å². The van der Waals surface area contributed by atoms with E-state index in [0.717, 1.165) is 17.6 Å². The zero-order valence-corrected chi connectivity index (χ0v) is 9.79. The lowest BCUT2D eigenvalue weighted by Gasteiger charge is -2.02. The number of allylic oxidation sites excluding steroid dienone is 9. The third-order valence-electron chi connectivity index (χ3n) is 1.99. The van der Waals surface area contributed by atoms with E-state index >= 15 is 0 Å². The van der Waals surface area contributed by atoms with Crippen molar-refractivity contribution < 1.29 is 0 Å². The predicted molar refractivity (Wildman–Crippen MR) is 70.8 cm³/mol. The van der Waals surface area contributed by atoms with Crippen LogP contribution >= 0.6 is 0 Å². The fraction of sp³-hybridized carbons (Fsp3) is 0.200. The highest BCUT2D eigenvalue weighted by atomic mass is 14.0. The van der Waals surface area contributed by atoms with Crippen LogP contribution in [0, 0.1) is 0 Å². The van der Waals surface area contributed by atoms with Gasteiger partial charge < -0.3 is 0 Å². The minimum atomic E-state index is 0.922. The first-order valence-electron chi connectivity index (χ1n) is 5.16. The Morgan fingerprint density at radius 1 is 1.13 bits per heavy atom. The second-order valence-electron chi connectivity index (χ2n) is 3.22. The first kappa shape index (κ1) is 13.4. The van der Waals surface area contributed by atoms with Crippen LogP contribution in [0.1, 0.15) is 20.3 Å². The van der Waals surface area contributed by atoms with Gasteiger partial charge in [0.15, 0.2) is 0 Å². The monoisotopic (exact) mass is 200 g/mol. The summed E-state index contributed by atoms with van der Waals surface area (Å²) in [6.07, 6.45) is 12.7. The highest BCUT2D eigenvalue weighted by Gasteiger charge is 1.94. The van der Waals surface area contributed by atoms with Gasteiger partial charge in [0.1, 0.15) is 0 Å². The first-order valence-corrected chi connectivity index (χ1v) is 5.16. The summed E-state index contributed by atoms with van der Waals surface area (Å²) in [6.45, 7) is 15.7. The largest absolute Gasteiger partial charge is 0.0991 e. The molecule has 0 saturated heterocycles. The molecule has 0 aliphatic carbocycles. The molecule has 0 amide bonds. The van der Waals surface area contributed by atoms with Crippen molar-refractivity contribution in [1.29, 1.82) is 0 Å². The van der Waals surface area contributed by atoms with E-state index < -0.39 is 0 Å². The molecule has 0 saturated carbocycles. The minimum Gasteiger partial charge on any atom is -0.0991 e. The SMILES string of the molecule is C=C/C=C\C(=C)C(=C)/C=C(\C=C/C)CC. The van der Waals surface area contributed by atoms with Crippen LogP contribution in [-0.2, 0) is 0 Å². The van der Waals surface area contributed by atoms with Crippen molar-refractivity contribution >= 4 is 0 Å². The molecule has 0 aromatic rings. The van der Waals surface area contributed by atoms with Gasteiger partial charge in [-0.25, -0.2) is 0 Å². The molecule has 0 unspecified atom stereocenters. The van der Waals surface area contributed by atoms with Crippen molar-refractivity contribution in [3.8, 4) is 0 Å². The van der Waals surface area contributed by atoms with Crippen molar-refractivity contribution in [1.82, 2.24) is 0 Å². The molecule has 0 fully saturated rings. The van der Waals surface area contributed by atoms with Crippen LogP contribution in [0.3, 0.4) is 0 Å². The van der Waals surface area contributed by atoms with Gasteiger partial charge >= 0.3 is 0 Å². The number of hydrogen-bond donors (Lipinski definition) is 0. The summed E-state index contributed by atoms with van der Waals surface area (Å²) in [7, 11) is 0. The quantitative estimate of drug-likeness (QED) is 0.543. The molecule has 0 nitrogen and oxygen atoms in total. The average molecular weight is 200 g/mol. The standard InChI is InChI=1S/C15H20/c1-6-9-11-13(4)14(5)12-15(8-3)10-7-2/h6-7,9-12H,1,4-5,8H2,2-3H3/b10-7-,11-9-,15-12-. The molecule has 0 rings (SSSR count). The van der Waals surface area contributed by atoms with Crippen molar-refractivity contribution in [3.63, 3.8) is 0 Å². The molecule has 0 spiro atoms. The Morgan fingerprint density at radius 2 is 1.80 bits per heavy atom. The van der Waals surface area contributed by atoms with Gasteiger partial charge in [-0.05, 0) is 30.1 Å². The molecule has 0 heterocycles. The summed E-state index contributed by atoms with van der Waals surface area (Å²) >= 11 is 0. The Bertz CT molecular complexity index is 322. The molecule has 0 N–H and O–H groups in total. The smallest absolute Gasteiger partial charge is 0.0259 e. The molecular weight excluding hydrogens is 180 g/mol. The Kier molecular flexibility index (Phi) is 7.00. The Morgan fingerprint density at radius 3 is 2.27 bits per heavy atom. The molecule has 0 radical (unpaired) electrons. The lowest BCUT2D eigenvalue weighted by atomic mass is 10.0. The maximum Gasteiger partial charge on any atom is -0.0259 e. The summed E-state index contributed by atoms with van der Waals surface area (Å²) in [5, 5.41) is 0. The first-order chi connectivity index (χ1) is 7.15. The molecule has 0 aliphatic rings. The molecule has 0 aromatic heterocycles. The molecule has 0 heteroatoms. The van der Waals surface area contributed by atoms with E-state index in [2.05, 4.69) is 38.8 Å². The molecule has 15 heavy (non-hydrogen) atoms. The van der Waals surface area contributed by atoms with Gasteiger partial charge in [-0.3, -0.25) is 0 Å². The molecule has 0 atom stereocenters. The van der Waals surface area contributed by atoms with Crippen LogP contribution in [0.15, 0.2) is 72.9 Å². The van der Waals surface area contributed by atoms with Gasteiger partial charge in [-0.2, -0.15) is 0 Å². The molecule has 80 valence electrons. The fourth-order valence-electron chi connectivity index (χ4n) is 1.09. The second kappa shape index (κ2) is 7.81. The summed E-state index contributed by atoms with van der Waals surface area (Å²) < 4.78 is 0. The maximum absolute atomic E-state index is 3.98. The minimum absolute atomic E-state index is 0.922. The zero-order valence-electron chi connectivity index (χ0n) is 9.79. The van der Waals surface area contributed by atoms with Gasteiger partial charge in [-0.1, -0.05) is 63.1 Å². The second-order valence-corrected chi connectivity index (χ2v) is 3.22. The highest BCUT2D eigenvalue weighted by molar-refractivity contribution is 5.46. The van der Waals surface area contributed by atoms with E-state index in [-0.39, 0.29) is 0 Å². The summed E-state index contributed by atoms with van der Waals surface area (Å²) in [4.78, 5) is 0. The van der Waals surface area contributed by atoms with Crippen molar-refractivity contribution in [2.45, 2.75) is 20.3 Å². The summed E-state index contributed by atoms with van der Waals surface area (Å²) in [6, 6.07) is 0. The summed E-state index contributed by atoms with van der Waals surface area (Å²) in [5.41, 5.74) is 3.13. The van der Waals surface area contributed by atoms with E-state index in [1.807, 2.05) is 25.2 Å². The average Bonchev–Trinajstić information content (AvgIpc) is 2.24. The third kappa shape index (κ3) is 5.69. The lowest BCUT2D eigenvalue weighted by molar-refractivity contribution is 1.14. The van der Waals surface area contributed by atoms with Crippen LogP contribution < -0.4 is 0 Å². The lowest BCUT2D eigenvalue weighted by Crippen LogP contribution is -1.82. The van der Waals surface area contributed by atoms with Gasteiger partial charge in [-0.15, -0.1) is 0 Å². The predicted octanol–water partition coefficient (Wildman–Crippen LogP) is 4.75. The van der Waals surface area contributed by atoms with E-state index in [9.17, 15) is 0 Å². The normalized spacial score (nSPS) is 12.3. The Balaban J connectivity index is 4.64. The van der Waals surface area contributed by atoms with Crippen LogP contribution in [0.4, 0.5) is 0 Å². The fourth-order valence-corrected chi connectivity index (χ4v) is 1.09. The highest BCUT2D eigenvalue weighted by Crippen LogP contribution is 2.13. The van der Waals surface area contributed by atoms with Crippen LogP contribution in [-0.4, -0.2) is 0 Å². The topological polar surface area (TPSA) is 0 Å². The van der Waals surface area contributed by atoms with Crippen LogP contribution in [0.2, 0.25) is 0 Å². The molecule has 0 aliphatic heterocycles. The van der Waals surface area contributed by atoms with Crippen molar-refractivity contribution in [2.24, 2.45) is 0 Å². The van der Waals surface area contributed by atoms with Gasteiger partial charge in [0.2, 0.25) is 0 Å². The van der Waals surface area contributed by atoms with E-state index in [4.69, 9.17) is 0 Å². The third-order valence-corrected chi connectivity index (χ3v) is 1.99. The molecular formula is C15H20. The van der Waals surface area contributed by atoms with E-state index in [1.54, 1.807) is 6.08 Å². The molecule has 0 aromatic carbocycles. The van der Waals surface area contributed by atoms with Crippen LogP contribution in [0.5, 0.6) is 0 Å². The van der Waals surface area contributed by atoms with Crippen molar-refractivity contribution in [3.05, 3.63) is 72.9 Å². The van der Waals surface area contributed by atoms with Gasteiger partial charge in [0.05, 0.1) is 0 Å². The van der Waals surface area contributed by atoms with Crippen LogP contribution in [0.25, 0.3) is 0 Å².